The zero-order chi connectivity index (χ0) is 20.8. The number of para-hydroxylation sites is 2. The zero-order valence-electron chi connectivity index (χ0n) is 15.2. The first kappa shape index (κ1) is 19.0. The second-order valence-electron chi connectivity index (χ2n) is 6.58. The van der Waals surface area contributed by atoms with E-state index in [1.807, 2.05) is 24.3 Å². The van der Waals surface area contributed by atoms with E-state index >= 15 is 0 Å². The number of alkyl halides is 3. The maximum atomic E-state index is 12.7. The smallest absolute Gasteiger partial charge is 0.354 e. The highest BCUT2D eigenvalue weighted by Gasteiger charge is 2.30. The van der Waals surface area contributed by atoms with Crippen molar-refractivity contribution < 1.29 is 18.3 Å². The Morgan fingerprint density at radius 2 is 1.83 bits per heavy atom. The maximum Gasteiger partial charge on any atom is 0.416 e. The molecule has 29 heavy (non-hydrogen) atoms. The van der Waals surface area contributed by atoms with Gasteiger partial charge in [-0.05, 0) is 43.3 Å². The largest absolute Gasteiger partial charge is 0.416 e. The van der Waals surface area contributed by atoms with Gasteiger partial charge in [-0.3, -0.25) is 10.3 Å². The number of aryl methyl sites for hydroxylation is 1. The number of guanidine groups is 1. The number of anilines is 1. The van der Waals surface area contributed by atoms with E-state index < -0.39 is 17.6 Å². The van der Waals surface area contributed by atoms with Crippen LogP contribution in [0.15, 0.2) is 59.6 Å². The molecule has 3 aromatic rings. The third kappa shape index (κ3) is 3.80. The third-order valence-electron chi connectivity index (χ3n) is 4.33. The zero-order valence-corrected chi connectivity index (χ0v) is 15.2. The number of nitrogens with one attached hydrogen (secondary N) is 2. The Morgan fingerprint density at radius 1 is 1.14 bits per heavy atom. The fourth-order valence-electron chi connectivity index (χ4n) is 3.11. The molecule has 5 N–H and O–H groups in total. The van der Waals surface area contributed by atoms with E-state index in [9.17, 15) is 18.3 Å². The quantitative estimate of drug-likeness (QED) is 0.494. The predicted octanol–water partition coefficient (Wildman–Crippen LogP) is 2.84. The maximum absolute atomic E-state index is 12.7. The van der Waals surface area contributed by atoms with Crippen molar-refractivity contribution in [2.75, 3.05) is 5.32 Å². The van der Waals surface area contributed by atoms with E-state index in [4.69, 9.17) is 5.73 Å². The standard InChI is InChI=1S/C19H17F3N6O/c1-11-24-14-4-2-3-5-15(14)28(11)16-10-18(23,29)27-17(26-16)25-13-8-6-12(7-9-13)19(20,21)22/h2-10,29H,23H2,1H3,(H2,25,26,27). The normalized spacial score (nSPS) is 19.5. The predicted molar refractivity (Wildman–Crippen MR) is 104 cm³/mol. The molecule has 1 aromatic heterocycles. The molecule has 2 aromatic carbocycles. The molecule has 0 aliphatic carbocycles. The summed E-state index contributed by atoms with van der Waals surface area (Å²) in [7, 11) is 0. The highest BCUT2D eigenvalue weighted by molar-refractivity contribution is 5.99. The van der Waals surface area contributed by atoms with Gasteiger partial charge in [0, 0.05) is 11.8 Å². The Hall–Kier alpha value is -3.37. The molecule has 1 aliphatic rings. The van der Waals surface area contributed by atoms with E-state index in [-0.39, 0.29) is 5.96 Å². The molecule has 0 spiro atoms. The molecule has 10 heteroatoms. The molecule has 0 fully saturated rings. The van der Waals surface area contributed by atoms with Crippen LogP contribution in [0.4, 0.5) is 18.9 Å². The van der Waals surface area contributed by atoms with Crippen LogP contribution in [0.1, 0.15) is 11.4 Å². The first-order chi connectivity index (χ1) is 13.6. The van der Waals surface area contributed by atoms with Gasteiger partial charge in [0.1, 0.15) is 11.6 Å². The summed E-state index contributed by atoms with van der Waals surface area (Å²) in [5.74, 6) is -0.890. The first-order valence-electron chi connectivity index (χ1n) is 8.62. The van der Waals surface area contributed by atoms with Gasteiger partial charge in [0.05, 0.1) is 16.6 Å². The van der Waals surface area contributed by atoms with E-state index in [1.54, 1.807) is 11.5 Å². The van der Waals surface area contributed by atoms with Gasteiger partial charge in [0.2, 0.25) is 11.8 Å². The van der Waals surface area contributed by atoms with E-state index in [0.29, 0.717) is 17.3 Å². The minimum absolute atomic E-state index is 0.0736. The van der Waals surface area contributed by atoms with Crippen molar-refractivity contribution in [1.29, 1.82) is 0 Å². The topological polar surface area (TPSA) is 100 Å². The number of nitrogens with two attached hydrogens (primary N) is 1. The Morgan fingerprint density at radius 3 is 2.52 bits per heavy atom. The van der Waals surface area contributed by atoms with Crippen molar-refractivity contribution in [3.8, 4) is 0 Å². The van der Waals surface area contributed by atoms with Crippen LogP contribution < -0.4 is 16.4 Å². The number of hydrogen-bond acceptors (Lipinski definition) is 6. The van der Waals surface area contributed by atoms with E-state index in [2.05, 4.69) is 20.6 Å². The molecule has 1 aliphatic heterocycles. The van der Waals surface area contributed by atoms with Crippen molar-refractivity contribution in [3.63, 3.8) is 0 Å². The SMILES string of the molecule is Cc1nc2ccccc2n1C1=CC(N)(O)N=C(Nc2ccc(C(F)(F)F)cc2)N1. The second-order valence-corrected chi connectivity index (χ2v) is 6.58. The summed E-state index contributed by atoms with van der Waals surface area (Å²) in [5, 5.41) is 16.2. The highest BCUT2D eigenvalue weighted by Crippen LogP contribution is 2.30. The fourth-order valence-corrected chi connectivity index (χ4v) is 3.11. The Labute approximate surface area is 163 Å². The van der Waals surface area contributed by atoms with Crippen molar-refractivity contribution in [3.05, 3.63) is 66.0 Å². The van der Waals surface area contributed by atoms with Gasteiger partial charge in [-0.25, -0.2) is 4.98 Å². The van der Waals surface area contributed by atoms with Crippen LogP contribution >= 0.6 is 0 Å². The van der Waals surface area contributed by atoms with Crippen LogP contribution in [0.3, 0.4) is 0 Å². The molecule has 0 amide bonds. The van der Waals surface area contributed by atoms with Crippen molar-refractivity contribution in [2.24, 2.45) is 10.7 Å². The molecular formula is C19H17F3N6O. The summed E-state index contributed by atoms with van der Waals surface area (Å²) in [6, 6.07) is 11.9. The number of nitrogens with zero attached hydrogens (tertiary/aromatic N) is 3. The number of hydrogen-bond donors (Lipinski definition) is 4. The molecule has 0 radical (unpaired) electrons. The summed E-state index contributed by atoms with van der Waals surface area (Å²) in [6.07, 6.45) is -3.10. The van der Waals surface area contributed by atoms with Crippen LogP contribution in [-0.4, -0.2) is 26.5 Å². The lowest BCUT2D eigenvalue weighted by Crippen LogP contribution is -2.46. The molecule has 150 valence electrons. The summed E-state index contributed by atoms with van der Waals surface area (Å²) >= 11 is 0. The summed E-state index contributed by atoms with van der Waals surface area (Å²) in [4.78, 5) is 8.42. The molecular weight excluding hydrogens is 385 g/mol. The van der Waals surface area contributed by atoms with E-state index in [1.165, 1.54) is 18.2 Å². The minimum atomic E-state index is -4.42. The number of aromatic nitrogens is 2. The average molecular weight is 402 g/mol. The number of halogens is 3. The third-order valence-corrected chi connectivity index (χ3v) is 4.33. The molecule has 2 heterocycles. The fraction of sp³-hybridized carbons (Fsp3) is 0.158. The average Bonchev–Trinajstić information content (AvgIpc) is 2.95. The number of rotatable bonds is 2. The summed E-state index contributed by atoms with van der Waals surface area (Å²) < 4.78 is 40.0. The molecule has 1 unspecified atom stereocenters. The molecule has 1 atom stereocenters. The van der Waals surface area contributed by atoms with Gasteiger partial charge in [-0.2, -0.15) is 18.2 Å². The number of aliphatic hydroxyl groups is 1. The van der Waals surface area contributed by atoms with Crippen LogP contribution in [-0.2, 0) is 6.18 Å². The molecule has 4 rings (SSSR count). The van der Waals surface area contributed by atoms with Crippen molar-refractivity contribution >= 4 is 28.5 Å². The lowest BCUT2D eigenvalue weighted by atomic mass is 10.2. The molecule has 0 bridgehead atoms. The monoisotopic (exact) mass is 402 g/mol. The van der Waals surface area contributed by atoms with Gasteiger partial charge in [-0.1, -0.05) is 12.1 Å². The van der Waals surface area contributed by atoms with Gasteiger partial charge in [0.15, 0.2) is 0 Å². The van der Waals surface area contributed by atoms with Crippen molar-refractivity contribution in [2.45, 2.75) is 18.9 Å². The highest BCUT2D eigenvalue weighted by atomic mass is 19.4. The Kier molecular flexibility index (Phi) is 4.32. The molecule has 7 nitrogen and oxygen atoms in total. The van der Waals surface area contributed by atoms with Crippen LogP contribution in [0.2, 0.25) is 0 Å². The molecule has 0 saturated carbocycles. The number of fused-ring (bicyclic) bond motifs is 1. The minimum Gasteiger partial charge on any atom is -0.354 e. The number of aliphatic imine (C=N–C) groups is 1. The van der Waals surface area contributed by atoms with Crippen LogP contribution in [0.25, 0.3) is 16.9 Å². The van der Waals surface area contributed by atoms with Crippen molar-refractivity contribution in [1.82, 2.24) is 14.9 Å². The number of benzene rings is 2. The van der Waals surface area contributed by atoms with Gasteiger partial charge in [0.25, 0.3) is 0 Å². The molecule has 0 saturated heterocycles. The Balaban J connectivity index is 1.64. The Bertz CT molecular complexity index is 1130. The van der Waals surface area contributed by atoms with Gasteiger partial charge >= 0.3 is 6.18 Å². The lowest BCUT2D eigenvalue weighted by Gasteiger charge is -2.27. The second kappa shape index (κ2) is 6.61. The van der Waals surface area contributed by atoms with Gasteiger partial charge in [-0.15, -0.1) is 0 Å². The number of imidazole rings is 1. The van der Waals surface area contributed by atoms with Crippen LogP contribution in [0, 0.1) is 6.92 Å². The summed E-state index contributed by atoms with van der Waals surface area (Å²) in [5.41, 5.74) is 6.94. The van der Waals surface area contributed by atoms with Crippen LogP contribution in [0.5, 0.6) is 0 Å². The summed E-state index contributed by atoms with van der Waals surface area (Å²) in [6.45, 7) is 1.80. The first-order valence-corrected chi connectivity index (χ1v) is 8.62. The lowest BCUT2D eigenvalue weighted by molar-refractivity contribution is -0.137. The van der Waals surface area contributed by atoms with E-state index in [0.717, 1.165) is 23.2 Å². The van der Waals surface area contributed by atoms with Gasteiger partial charge < -0.3 is 15.7 Å².